The molecular formula is C24H27N5OS. The van der Waals surface area contributed by atoms with E-state index < -0.39 is 0 Å². The second-order valence-corrected chi connectivity index (χ2v) is 9.17. The molecule has 2 atom stereocenters. The number of rotatable bonds is 4. The van der Waals surface area contributed by atoms with Crippen molar-refractivity contribution in [3.8, 4) is 0 Å². The Kier molecular flexibility index (Phi) is 6.04. The summed E-state index contributed by atoms with van der Waals surface area (Å²) in [5, 5.41) is 3.69. The number of hydrogen-bond donors (Lipinski definition) is 1. The van der Waals surface area contributed by atoms with Crippen LogP contribution in [0.4, 0.5) is 0 Å². The fraction of sp³-hybridized carbons (Fsp3) is 0.375. The SMILES string of the molecule is Cc1cccc(CCNC2=NC3C=C(c4ccncc4)SC3C(N3CCOCC3)=N2)c1. The molecule has 2 aromatic rings. The molecule has 0 bridgehead atoms. The van der Waals surface area contributed by atoms with Crippen molar-refractivity contribution < 1.29 is 4.74 Å². The van der Waals surface area contributed by atoms with E-state index in [1.165, 1.54) is 21.6 Å². The van der Waals surface area contributed by atoms with Crippen molar-refractivity contribution in [2.45, 2.75) is 24.6 Å². The molecular weight excluding hydrogens is 406 g/mol. The first-order chi connectivity index (χ1) is 15.3. The molecule has 2 unspecified atom stereocenters. The number of aromatic nitrogens is 1. The summed E-state index contributed by atoms with van der Waals surface area (Å²) in [5.74, 6) is 1.86. The smallest absolute Gasteiger partial charge is 0.220 e. The van der Waals surface area contributed by atoms with Gasteiger partial charge in [0, 0.05) is 36.9 Å². The van der Waals surface area contributed by atoms with Gasteiger partial charge in [-0.05, 0) is 42.7 Å². The van der Waals surface area contributed by atoms with E-state index in [9.17, 15) is 0 Å². The summed E-state index contributed by atoms with van der Waals surface area (Å²) >= 11 is 1.86. The van der Waals surface area contributed by atoms with Crippen molar-refractivity contribution in [1.82, 2.24) is 15.2 Å². The van der Waals surface area contributed by atoms with Gasteiger partial charge in [-0.2, -0.15) is 4.99 Å². The van der Waals surface area contributed by atoms with Gasteiger partial charge in [0.25, 0.3) is 0 Å². The van der Waals surface area contributed by atoms with Gasteiger partial charge in [-0.15, -0.1) is 11.8 Å². The third-order valence-corrected chi connectivity index (χ3v) is 7.08. The molecule has 1 N–H and O–H groups in total. The number of aryl methyl sites for hydroxylation is 1. The highest BCUT2D eigenvalue weighted by atomic mass is 32.2. The number of fused-ring (bicyclic) bond motifs is 1. The highest BCUT2D eigenvalue weighted by Gasteiger charge is 2.38. The molecule has 0 amide bonds. The van der Waals surface area contributed by atoms with Gasteiger partial charge >= 0.3 is 0 Å². The monoisotopic (exact) mass is 433 g/mol. The Balaban J connectivity index is 1.35. The Bertz CT molecular complexity index is 1010. The van der Waals surface area contributed by atoms with E-state index in [4.69, 9.17) is 14.7 Å². The number of nitrogens with zero attached hydrogens (tertiary/aromatic N) is 4. The number of ether oxygens (including phenoxy) is 1. The maximum absolute atomic E-state index is 5.57. The molecule has 6 nitrogen and oxygen atoms in total. The average Bonchev–Trinajstić information content (AvgIpc) is 3.24. The molecule has 3 aliphatic heterocycles. The Morgan fingerprint density at radius 3 is 2.81 bits per heavy atom. The molecule has 0 saturated carbocycles. The highest BCUT2D eigenvalue weighted by Crippen LogP contribution is 2.42. The summed E-state index contributed by atoms with van der Waals surface area (Å²) in [7, 11) is 0. The maximum Gasteiger partial charge on any atom is 0.220 e. The van der Waals surface area contributed by atoms with Gasteiger partial charge in [-0.3, -0.25) is 4.98 Å². The van der Waals surface area contributed by atoms with E-state index in [1.807, 2.05) is 24.2 Å². The van der Waals surface area contributed by atoms with Crippen molar-refractivity contribution in [2.75, 3.05) is 32.8 Å². The van der Waals surface area contributed by atoms with Crippen molar-refractivity contribution in [2.24, 2.45) is 9.98 Å². The van der Waals surface area contributed by atoms with Gasteiger partial charge < -0.3 is 15.0 Å². The lowest BCUT2D eigenvalue weighted by Gasteiger charge is -2.35. The minimum atomic E-state index is 0.0879. The number of thioether (sulfide) groups is 1. The molecule has 4 heterocycles. The fourth-order valence-corrected chi connectivity index (χ4v) is 5.49. The van der Waals surface area contributed by atoms with E-state index in [0.29, 0.717) is 0 Å². The molecule has 1 saturated heterocycles. The Hall–Kier alpha value is -2.64. The van der Waals surface area contributed by atoms with Crippen LogP contribution in [0, 0.1) is 6.92 Å². The lowest BCUT2D eigenvalue weighted by molar-refractivity contribution is 0.0672. The van der Waals surface area contributed by atoms with Crippen molar-refractivity contribution in [3.05, 3.63) is 71.6 Å². The van der Waals surface area contributed by atoms with Gasteiger partial charge in [-0.25, -0.2) is 4.99 Å². The van der Waals surface area contributed by atoms with E-state index in [1.54, 1.807) is 0 Å². The number of morpholine rings is 1. The second-order valence-electron chi connectivity index (χ2n) is 7.98. The normalized spacial score (nSPS) is 23.0. The molecule has 31 heavy (non-hydrogen) atoms. The molecule has 160 valence electrons. The first-order valence-corrected chi connectivity index (χ1v) is 11.7. The van der Waals surface area contributed by atoms with E-state index in [-0.39, 0.29) is 11.3 Å². The van der Waals surface area contributed by atoms with Crippen LogP contribution >= 0.6 is 11.8 Å². The highest BCUT2D eigenvalue weighted by molar-refractivity contribution is 8.09. The Labute approximate surface area is 187 Å². The Morgan fingerprint density at radius 2 is 2.00 bits per heavy atom. The van der Waals surface area contributed by atoms with Crippen molar-refractivity contribution in [3.63, 3.8) is 0 Å². The zero-order valence-electron chi connectivity index (χ0n) is 17.7. The summed E-state index contributed by atoms with van der Waals surface area (Å²) in [6, 6.07) is 12.9. The van der Waals surface area contributed by atoms with Gasteiger partial charge in [0.2, 0.25) is 5.96 Å². The van der Waals surface area contributed by atoms with E-state index in [0.717, 1.165) is 51.1 Å². The minimum absolute atomic E-state index is 0.0879. The summed E-state index contributed by atoms with van der Waals surface area (Å²) in [6.07, 6.45) is 6.92. The van der Waals surface area contributed by atoms with Crippen LogP contribution in [0.5, 0.6) is 0 Å². The lowest BCUT2D eigenvalue weighted by atomic mass is 10.1. The number of pyridine rings is 1. The number of hydrogen-bond acceptors (Lipinski definition) is 7. The zero-order chi connectivity index (χ0) is 21.0. The first-order valence-electron chi connectivity index (χ1n) is 10.8. The first kappa shape index (κ1) is 20.3. The fourth-order valence-electron chi connectivity index (χ4n) is 4.14. The molecule has 0 spiro atoms. The van der Waals surface area contributed by atoms with Gasteiger partial charge in [0.1, 0.15) is 5.84 Å². The van der Waals surface area contributed by atoms with Crippen LogP contribution in [0.2, 0.25) is 0 Å². The summed E-state index contributed by atoms with van der Waals surface area (Å²) in [4.78, 5) is 17.7. The molecule has 5 rings (SSSR count). The summed E-state index contributed by atoms with van der Waals surface area (Å²) in [6.45, 7) is 6.20. The van der Waals surface area contributed by atoms with Gasteiger partial charge in [0.15, 0.2) is 0 Å². The molecule has 7 heteroatoms. The zero-order valence-corrected chi connectivity index (χ0v) is 18.5. The quantitative estimate of drug-likeness (QED) is 0.803. The molecule has 0 aliphatic carbocycles. The predicted molar refractivity (Wildman–Crippen MR) is 128 cm³/mol. The molecule has 3 aliphatic rings. The third-order valence-electron chi connectivity index (χ3n) is 5.71. The van der Waals surface area contributed by atoms with Crippen LogP contribution in [0.15, 0.2) is 64.9 Å². The van der Waals surface area contributed by atoms with Crippen LogP contribution in [0.1, 0.15) is 16.7 Å². The molecule has 1 aromatic carbocycles. The van der Waals surface area contributed by atoms with Crippen LogP contribution in [0.3, 0.4) is 0 Å². The van der Waals surface area contributed by atoms with Crippen molar-refractivity contribution >= 4 is 28.5 Å². The predicted octanol–water partition coefficient (Wildman–Crippen LogP) is 3.15. The lowest BCUT2D eigenvalue weighted by Crippen LogP contribution is -2.49. The maximum atomic E-state index is 5.57. The van der Waals surface area contributed by atoms with Crippen LogP contribution in [-0.2, 0) is 11.2 Å². The molecule has 1 fully saturated rings. The number of guanidine groups is 1. The van der Waals surface area contributed by atoms with E-state index in [2.05, 4.69) is 64.6 Å². The molecule has 1 aromatic heterocycles. The largest absolute Gasteiger partial charge is 0.378 e. The third kappa shape index (κ3) is 4.67. The van der Waals surface area contributed by atoms with Crippen LogP contribution < -0.4 is 5.32 Å². The Morgan fingerprint density at radius 1 is 1.16 bits per heavy atom. The molecule has 0 radical (unpaired) electrons. The number of aliphatic imine (C=N–C) groups is 2. The van der Waals surface area contributed by atoms with Gasteiger partial charge in [0.05, 0.1) is 24.5 Å². The number of nitrogens with one attached hydrogen (secondary N) is 1. The van der Waals surface area contributed by atoms with Crippen molar-refractivity contribution in [1.29, 1.82) is 0 Å². The summed E-state index contributed by atoms with van der Waals surface area (Å²) < 4.78 is 5.57. The van der Waals surface area contributed by atoms with E-state index >= 15 is 0 Å². The topological polar surface area (TPSA) is 62.1 Å². The van der Waals surface area contributed by atoms with Crippen LogP contribution in [0.25, 0.3) is 4.91 Å². The van der Waals surface area contributed by atoms with Crippen LogP contribution in [-0.4, -0.2) is 65.8 Å². The second kappa shape index (κ2) is 9.24. The average molecular weight is 434 g/mol. The standard InChI is InChI=1S/C24H27N5OS/c1-17-3-2-4-18(15-17)5-10-26-24-27-20-16-21(19-6-8-25-9-7-19)31-22(20)23(28-24)29-11-13-30-14-12-29/h2-4,6-9,15-16,20,22H,5,10-14H2,1H3,(H,26,27). The summed E-state index contributed by atoms with van der Waals surface area (Å²) in [5.41, 5.74) is 3.81. The number of amidine groups is 1. The minimum Gasteiger partial charge on any atom is -0.378 e. The number of benzene rings is 1. The van der Waals surface area contributed by atoms with Gasteiger partial charge in [-0.1, -0.05) is 29.8 Å².